The van der Waals surface area contributed by atoms with E-state index in [1.165, 1.54) is 36.8 Å². The molecular weight excluding hydrogens is 236 g/mol. The largest absolute Gasteiger partial charge is 0.399 e. The van der Waals surface area contributed by atoms with E-state index in [0.717, 1.165) is 25.3 Å². The summed E-state index contributed by atoms with van der Waals surface area (Å²) in [7, 11) is 1.79. The van der Waals surface area contributed by atoms with E-state index in [1.807, 2.05) is 6.07 Å². The summed E-state index contributed by atoms with van der Waals surface area (Å²) >= 11 is 0. The minimum atomic E-state index is 0.520. The third kappa shape index (κ3) is 2.77. The molecule has 0 amide bonds. The first-order chi connectivity index (χ1) is 9.22. The Morgan fingerprint density at radius 3 is 3.00 bits per heavy atom. The van der Waals surface area contributed by atoms with Gasteiger partial charge in [0.1, 0.15) is 0 Å². The SMILES string of the molecule is COCCC1(CNC2CCc3cc(N)ccc32)CC1. The third-order valence-corrected chi connectivity index (χ3v) is 4.76. The Hall–Kier alpha value is -1.06. The van der Waals surface area contributed by atoms with Gasteiger partial charge < -0.3 is 15.8 Å². The lowest BCUT2D eigenvalue weighted by Crippen LogP contribution is -2.28. The van der Waals surface area contributed by atoms with Crippen molar-refractivity contribution in [1.29, 1.82) is 0 Å². The van der Waals surface area contributed by atoms with E-state index < -0.39 is 0 Å². The van der Waals surface area contributed by atoms with Crippen LogP contribution in [0.3, 0.4) is 0 Å². The highest BCUT2D eigenvalue weighted by Gasteiger charge is 2.42. The molecule has 1 unspecified atom stereocenters. The van der Waals surface area contributed by atoms with Crippen molar-refractivity contribution >= 4 is 5.69 Å². The maximum atomic E-state index is 5.85. The number of nitrogen functional groups attached to an aromatic ring is 1. The van der Waals surface area contributed by atoms with Gasteiger partial charge in [-0.1, -0.05) is 6.07 Å². The molecule has 1 fully saturated rings. The summed E-state index contributed by atoms with van der Waals surface area (Å²) in [6.45, 7) is 2.02. The van der Waals surface area contributed by atoms with Gasteiger partial charge in [-0.25, -0.2) is 0 Å². The molecule has 0 aliphatic heterocycles. The standard InChI is InChI=1S/C16H24N2O/c1-19-9-8-16(6-7-16)11-18-15-5-2-12-10-13(17)3-4-14(12)15/h3-4,10,15,18H,2,5-9,11,17H2,1H3. The van der Waals surface area contributed by atoms with E-state index in [-0.39, 0.29) is 0 Å². The monoisotopic (exact) mass is 260 g/mol. The molecule has 3 rings (SSSR count). The molecule has 3 N–H and O–H groups in total. The number of methoxy groups -OCH3 is 1. The molecule has 0 radical (unpaired) electrons. The Labute approximate surface area is 115 Å². The summed E-state index contributed by atoms with van der Waals surface area (Å²) < 4.78 is 5.22. The molecule has 3 nitrogen and oxygen atoms in total. The molecule has 1 atom stereocenters. The third-order valence-electron chi connectivity index (χ3n) is 4.76. The van der Waals surface area contributed by atoms with Crippen LogP contribution in [0.1, 0.15) is 42.9 Å². The molecular formula is C16H24N2O. The number of rotatable bonds is 6. The van der Waals surface area contributed by atoms with Crippen LogP contribution in [0.25, 0.3) is 0 Å². The van der Waals surface area contributed by atoms with Crippen molar-refractivity contribution in [3.05, 3.63) is 29.3 Å². The Morgan fingerprint density at radius 1 is 1.42 bits per heavy atom. The summed E-state index contributed by atoms with van der Waals surface area (Å²) in [5.41, 5.74) is 10.1. The number of aryl methyl sites for hydroxylation is 1. The minimum absolute atomic E-state index is 0.520. The number of fused-ring (bicyclic) bond motifs is 1. The Morgan fingerprint density at radius 2 is 2.26 bits per heavy atom. The molecule has 2 aliphatic rings. The van der Waals surface area contributed by atoms with Crippen LogP contribution in [0.4, 0.5) is 5.69 Å². The van der Waals surface area contributed by atoms with Crippen LogP contribution in [-0.4, -0.2) is 20.3 Å². The summed E-state index contributed by atoms with van der Waals surface area (Å²) in [6, 6.07) is 6.88. The van der Waals surface area contributed by atoms with Gasteiger partial charge in [0.25, 0.3) is 0 Å². The highest BCUT2D eigenvalue weighted by molar-refractivity contribution is 5.47. The van der Waals surface area contributed by atoms with Crippen LogP contribution in [0.15, 0.2) is 18.2 Å². The van der Waals surface area contributed by atoms with Gasteiger partial charge in [0.15, 0.2) is 0 Å². The number of anilines is 1. The first kappa shape index (κ1) is 12.9. The Bertz CT molecular complexity index is 454. The van der Waals surface area contributed by atoms with Gasteiger partial charge in [0.2, 0.25) is 0 Å². The average molecular weight is 260 g/mol. The van der Waals surface area contributed by atoms with Crippen LogP contribution in [0.5, 0.6) is 0 Å². The van der Waals surface area contributed by atoms with Crippen molar-refractivity contribution in [2.45, 2.75) is 38.1 Å². The molecule has 0 heterocycles. The van der Waals surface area contributed by atoms with Crippen LogP contribution in [0.2, 0.25) is 0 Å². The van der Waals surface area contributed by atoms with Gasteiger partial charge in [0, 0.05) is 32.0 Å². The number of benzene rings is 1. The number of nitrogens with two attached hydrogens (primary N) is 1. The van der Waals surface area contributed by atoms with E-state index in [2.05, 4.69) is 17.4 Å². The molecule has 1 aromatic carbocycles. The number of ether oxygens (including phenoxy) is 1. The second kappa shape index (κ2) is 5.14. The van der Waals surface area contributed by atoms with Crippen LogP contribution >= 0.6 is 0 Å². The molecule has 0 saturated heterocycles. The zero-order valence-electron chi connectivity index (χ0n) is 11.7. The molecule has 1 aromatic rings. The predicted octanol–water partition coefficient (Wildman–Crippen LogP) is 2.66. The molecule has 19 heavy (non-hydrogen) atoms. The van der Waals surface area contributed by atoms with Gasteiger partial charge in [-0.2, -0.15) is 0 Å². The van der Waals surface area contributed by atoms with Crippen molar-refractivity contribution in [2.24, 2.45) is 5.41 Å². The molecule has 2 aliphatic carbocycles. The molecule has 0 aromatic heterocycles. The van der Waals surface area contributed by atoms with Gasteiger partial charge >= 0.3 is 0 Å². The maximum Gasteiger partial charge on any atom is 0.0468 e. The highest BCUT2D eigenvalue weighted by Crippen LogP contribution is 2.48. The van der Waals surface area contributed by atoms with Crippen molar-refractivity contribution in [2.75, 3.05) is 26.0 Å². The van der Waals surface area contributed by atoms with E-state index >= 15 is 0 Å². The molecule has 104 valence electrons. The van der Waals surface area contributed by atoms with Crippen LogP contribution in [0, 0.1) is 5.41 Å². The van der Waals surface area contributed by atoms with Gasteiger partial charge in [-0.15, -0.1) is 0 Å². The molecule has 0 bridgehead atoms. The van der Waals surface area contributed by atoms with Gasteiger partial charge in [-0.05, 0) is 60.8 Å². The molecule has 1 saturated carbocycles. The van der Waals surface area contributed by atoms with Crippen molar-refractivity contribution < 1.29 is 4.74 Å². The Kier molecular flexibility index (Phi) is 3.50. The quantitative estimate of drug-likeness (QED) is 0.773. The predicted molar refractivity (Wildman–Crippen MR) is 78.1 cm³/mol. The summed E-state index contributed by atoms with van der Waals surface area (Å²) in [5, 5.41) is 3.77. The fourth-order valence-electron chi connectivity index (χ4n) is 3.20. The van der Waals surface area contributed by atoms with Crippen molar-refractivity contribution in [3.63, 3.8) is 0 Å². The summed E-state index contributed by atoms with van der Waals surface area (Å²) in [4.78, 5) is 0. The highest BCUT2D eigenvalue weighted by atomic mass is 16.5. The fraction of sp³-hybridized carbons (Fsp3) is 0.625. The smallest absolute Gasteiger partial charge is 0.0468 e. The van der Waals surface area contributed by atoms with Gasteiger partial charge in [0.05, 0.1) is 0 Å². The normalized spacial score (nSPS) is 23.3. The first-order valence-electron chi connectivity index (χ1n) is 7.33. The lowest BCUT2D eigenvalue weighted by molar-refractivity contribution is 0.170. The molecule has 3 heteroatoms. The van der Waals surface area contributed by atoms with E-state index in [9.17, 15) is 0 Å². The minimum Gasteiger partial charge on any atom is -0.399 e. The summed E-state index contributed by atoms with van der Waals surface area (Å²) in [5.74, 6) is 0. The summed E-state index contributed by atoms with van der Waals surface area (Å²) in [6.07, 6.45) is 6.26. The van der Waals surface area contributed by atoms with Crippen LogP contribution in [-0.2, 0) is 11.2 Å². The lowest BCUT2D eigenvalue weighted by Gasteiger charge is -2.20. The zero-order chi connectivity index (χ0) is 13.3. The van der Waals surface area contributed by atoms with Crippen molar-refractivity contribution in [3.8, 4) is 0 Å². The van der Waals surface area contributed by atoms with E-state index in [1.54, 1.807) is 7.11 Å². The number of hydrogen-bond donors (Lipinski definition) is 2. The number of nitrogens with one attached hydrogen (secondary N) is 1. The van der Waals surface area contributed by atoms with Crippen molar-refractivity contribution in [1.82, 2.24) is 5.32 Å². The maximum absolute atomic E-state index is 5.85. The second-order valence-electron chi connectivity index (χ2n) is 6.17. The fourth-order valence-corrected chi connectivity index (χ4v) is 3.20. The average Bonchev–Trinajstić information content (AvgIpc) is 3.08. The first-order valence-corrected chi connectivity index (χ1v) is 7.33. The van der Waals surface area contributed by atoms with E-state index in [0.29, 0.717) is 11.5 Å². The van der Waals surface area contributed by atoms with E-state index in [4.69, 9.17) is 10.5 Å². The Balaban J connectivity index is 1.58. The second-order valence-corrected chi connectivity index (χ2v) is 6.17. The number of hydrogen-bond acceptors (Lipinski definition) is 3. The topological polar surface area (TPSA) is 47.3 Å². The zero-order valence-corrected chi connectivity index (χ0v) is 11.7. The lowest BCUT2D eigenvalue weighted by atomic mass is 10.0. The molecule has 0 spiro atoms. The van der Waals surface area contributed by atoms with Crippen LogP contribution < -0.4 is 11.1 Å². The van der Waals surface area contributed by atoms with Gasteiger partial charge in [-0.3, -0.25) is 0 Å².